The van der Waals surface area contributed by atoms with E-state index in [0.29, 0.717) is 0 Å². The predicted octanol–water partition coefficient (Wildman–Crippen LogP) is 4.99. The molecular formula is C26H28O5. The minimum atomic E-state index is -0.920. The minimum Gasteiger partial charge on any atom is -0.481 e. The second-order valence-corrected chi connectivity index (χ2v) is 8.70. The van der Waals surface area contributed by atoms with Gasteiger partial charge in [-0.25, -0.2) is 0 Å². The first-order valence-corrected chi connectivity index (χ1v) is 10.5. The third-order valence-corrected chi connectivity index (χ3v) is 5.11. The van der Waals surface area contributed by atoms with E-state index in [9.17, 15) is 9.59 Å². The average Bonchev–Trinajstić information content (AvgIpc) is 3.03. The number of carboxylic acid groups (broad SMARTS) is 1. The van der Waals surface area contributed by atoms with Crippen molar-refractivity contribution in [2.24, 2.45) is 5.92 Å². The number of hydrogen-bond acceptors (Lipinski definition) is 4. The smallest absolute Gasteiger partial charge is 0.307 e. The van der Waals surface area contributed by atoms with E-state index in [-0.39, 0.29) is 37.8 Å². The van der Waals surface area contributed by atoms with Crippen LogP contribution in [0.5, 0.6) is 0 Å². The molecule has 1 atom stereocenters. The molecule has 1 unspecified atom stereocenters. The molecule has 3 rings (SSSR count). The summed E-state index contributed by atoms with van der Waals surface area (Å²) in [6.45, 7) is 5.86. The highest BCUT2D eigenvalue weighted by Crippen LogP contribution is 2.44. The van der Waals surface area contributed by atoms with E-state index in [2.05, 4.69) is 36.3 Å². The third kappa shape index (κ3) is 6.11. The second kappa shape index (κ2) is 9.70. The highest BCUT2D eigenvalue weighted by Gasteiger charge is 2.29. The molecule has 5 nitrogen and oxygen atoms in total. The Bertz CT molecular complexity index is 961. The molecule has 31 heavy (non-hydrogen) atoms. The van der Waals surface area contributed by atoms with Gasteiger partial charge in [-0.05, 0) is 49.4 Å². The summed E-state index contributed by atoms with van der Waals surface area (Å²) in [6.07, 6.45) is 2.86. The van der Waals surface area contributed by atoms with Crippen LogP contribution < -0.4 is 0 Å². The van der Waals surface area contributed by atoms with E-state index >= 15 is 0 Å². The van der Waals surface area contributed by atoms with Crippen molar-refractivity contribution in [3.63, 3.8) is 0 Å². The SMILES string of the molecule is CC(C)(C)OC#CC(CCC(=O)O)CC(=O)OCC1c2ccccc2-c2ccccc21. The van der Waals surface area contributed by atoms with Crippen molar-refractivity contribution in [1.82, 2.24) is 0 Å². The van der Waals surface area contributed by atoms with Gasteiger partial charge in [-0.1, -0.05) is 54.5 Å². The maximum absolute atomic E-state index is 12.6. The summed E-state index contributed by atoms with van der Waals surface area (Å²) in [7, 11) is 0. The third-order valence-electron chi connectivity index (χ3n) is 5.11. The van der Waals surface area contributed by atoms with Crippen LogP contribution in [0.15, 0.2) is 48.5 Å². The maximum Gasteiger partial charge on any atom is 0.307 e. The molecule has 0 heterocycles. The van der Waals surface area contributed by atoms with Crippen LogP contribution in [-0.2, 0) is 19.1 Å². The van der Waals surface area contributed by atoms with Gasteiger partial charge in [0.05, 0.1) is 6.42 Å². The van der Waals surface area contributed by atoms with Crippen molar-refractivity contribution < 1.29 is 24.2 Å². The van der Waals surface area contributed by atoms with Crippen LogP contribution in [0.2, 0.25) is 0 Å². The Labute approximate surface area is 183 Å². The number of carboxylic acids is 1. The summed E-state index contributed by atoms with van der Waals surface area (Å²) >= 11 is 0. The largest absolute Gasteiger partial charge is 0.481 e. The van der Waals surface area contributed by atoms with Gasteiger partial charge < -0.3 is 14.6 Å². The Balaban J connectivity index is 1.65. The molecule has 1 aliphatic rings. The molecule has 0 saturated carbocycles. The Morgan fingerprint density at radius 3 is 2.16 bits per heavy atom. The van der Waals surface area contributed by atoms with Gasteiger partial charge in [0.15, 0.2) is 0 Å². The number of rotatable bonds is 7. The number of aliphatic carboxylic acids is 1. The molecule has 0 aliphatic heterocycles. The number of ether oxygens (including phenoxy) is 2. The molecule has 5 heteroatoms. The second-order valence-electron chi connectivity index (χ2n) is 8.70. The number of fused-ring (bicyclic) bond motifs is 3. The molecule has 2 aromatic rings. The molecule has 2 aromatic carbocycles. The van der Waals surface area contributed by atoms with Crippen LogP contribution in [-0.4, -0.2) is 29.3 Å². The lowest BCUT2D eigenvalue weighted by Gasteiger charge is -2.16. The summed E-state index contributed by atoms with van der Waals surface area (Å²) in [5.41, 5.74) is 4.20. The van der Waals surface area contributed by atoms with Crippen molar-refractivity contribution in [2.75, 3.05) is 6.61 Å². The van der Waals surface area contributed by atoms with Crippen LogP contribution in [0.25, 0.3) is 11.1 Å². The van der Waals surface area contributed by atoms with Crippen molar-refractivity contribution in [3.8, 4) is 23.2 Å². The number of esters is 1. The van der Waals surface area contributed by atoms with Gasteiger partial charge in [0.2, 0.25) is 0 Å². The topological polar surface area (TPSA) is 72.8 Å². The van der Waals surface area contributed by atoms with E-state index in [4.69, 9.17) is 14.6 Å². The Hall–Kier alpha value is -3.26. The van der Waals surface area contributed by atoms with Crippen LogP contribution in [0, 0.1) is 17.9 Å². The van der Waals surface area contributed by atoms with Crippen LogP contribution in [0.4, 0.5) is 0 Å². The fourth-order valence-corrected chi connectivity index (χ4v) is 3.66. The zero-order chi connectivity index (χ0) is 22.4. The van der Waals surface area contributed by atoms with E-state index in [0.717, 1.165) is 11.1 Å². The number of benzene rings is 2. The van der Waals surface area contributed by atoms with Crippen LogP contribution >= 0.6 is 0 Å². The Morgan fingerprint density at radius 1 is 1.03 bits per heavy atom. The molecule has 0 saturated heterocycles. The van der Waals surface area contributed by atoms with Gasteiger partial charge in [-0.2, -0.15) is 0 Å². The lowest BCUT2D eigenvalue weighted by atomic mass is 9.98. The first-order valence-electron chi connectivity index (χ1n) is 10.5. The highest BCUT2D eigenvalue weighted by atomic mass is 16.5. The monoisotopic (exact) mass is 420 g/mol. The molecule has 1 N–H and O–H groups in total. The summed E-state index contributed by atoms with van der Waals surface area (Å²) in [5, 5.41) is 8.99. The standard InChI is InChI=1S/C26H28O5/c1-26(2,3)31-15-14-18(12-13-24(27)28)16-25(29)30-17-23-21-10-6-4-8-19(21)20-9-5-7-11-22(20)23/h4-11,18,23H,12-13,16-17H2,1-3H3,(H,27,28). The fraction of sp³-hybridized carbons (Fsp3) is 0.385. The van der Waals surface area contributed by atoms with Crippen molar-refractivity contribution in [3.05, 3.63) is 59.7 Å². The van der Waals surface area contributed by atoms with Gasteiger partial charge in [0.1, 0.15) is 18.3 Å². The molecule has 0 fully saturated rings. The average molecular weight is 421 g/mol. The van der Waals surface area contributed by atoms with Crippen molar-refractivity contribution in [1.29, 1.82) is 0 Å². The predicted molar refractivity (Wildman–Crippen MR) is 118 cm³/mol. The molecule has 0 bridgehead atoms. The highest BCUT2D eigenvalue weighted by molar-refractivity contribution is 5.79. The lowest BCUT2D eigenvalue weighted by Crippen LogP contribution is -2.17. The van der Waals surface area contributed by atoms with E-state index in [1.54, 1.807) is 0 Å². The number of carbonyl (C=O) groups excluding carboxylic acids is 1. The van der Waals surface area contributed by atoms with Gasteiger partial charge in [-0.3, -0.25) is 9.59 Å². The van der Waals surface area contributed by atoms with Crippen LogP contribution in [0.3, 0.4) is 0 Å². The van der Waals surface area contributed by atoms with E-state index < -0.39 is 17.5 Å². The molecular weight excluding hydrogens is 392 g/mol. The van der Waals surface area contributed by atoms with Gasteiger partial charge in [-0.15, -0.1) is 0 Å². The fourth-order valence-electron chi connectivity index (χ4n) is 3.66. The van der Waals surface area contributed by atoms with Crippen molar-refractivity contribution in [2.45, 2.75) is 51.6 Å². The lowest BCUT2D eigenvalue weighted by molar-refractivity contribution is -0.145. The van der Waals surface area contributed by atoms with Crippen molar-refractivity contribution >= 4 is 11.9 Å². The van der Waals surface area contributed by atoms with Gasteiger partial charge in [0.25, 0.3) is 0 Å². The minimum absolute atomic E-state index is 0.0101. The van der Waals surface area contributed by atoms with Gasteiger partial charge >= 0.3 is 11.9 Å². The summed E-state index contributed by atoms with van der Waals surface area (Å²) in [4.78, 5) is 23.5. The maximum atomic E-state index is 12.6. The quantitative estimate of drug-likeness (QED) is 0.505. The first kappa shape index (κ1) is 22.4. The first-order chi connectivity index (χ1) is 14.7. The Kier molecular flexibility index (Phi) is 7.02. The Morgan fingerprint density at radius 2 is 1.61 bits per heavy atom. The molecule has 0 amide bonds. The molecule has 1 aliphatic carbocycles. The molecule has 0 spiro atoms. The normalized spacial score (nSPS) is 13.4. The number of carbonyl (C=O) groups is 2. The van der Waals surface area contributed by atoms with E-state index in [1.807, 2.05) is 45.0 Å². The zero-order valence-electron chi connectivity index (χ0n) is 18.2. The summed E-state index contributed by atoms with van der Waals surface area (Å²) in [6, 6.07) is 16.3. The number of hydrogen-bond donors (Lipinski definition) is 1. The van der Waals surface area contributed by atoms with Crippen LogP contribution in [0.1, 0.15) is 57.1 Å². The molecule has 0 aromatic heterocycles. The van der Waals surface area contributed by atoms with Gasteiger partial charge in [0, 0.05) is 18.3 Å². The zero-order valence-corrected chi connectivity index (χ0v) is 18.2. The van der Waals surface area contributed by atoms with E-state index in [1.165, 1.54) is 11.1 Å². The molecule has 162 valence electrons. The molecule has 0 radical (unpaired) electrons. The summed E-state index contributed by atoms with van der Waals surface area (Å²) in [5.74, 6) is 1.13. The summed E-state index contributed by atoms with van der Waals surface area (Å²) < 4.78 is 11.0.